The van der Waals surface area contributed by atoms with E-state index in [0.717, 1.165) is 42.3 Å². The molecule has 2 aliphatic rings. The largest absolute Gasteiger partial charge is 0.419 e. The van der Waals surface area contributed by atoms with Crippen molar-refractivity contribution in [3.05, 3.63) is 59.0 Å². The Morgan fingerprint density at radius 1 is 1.08 bits per heavy atom. The van der Waals surface area contributed by atoms with Crippen molar-refractivity contribution in [2.75, 3.05) is 23.3 Å². The Bertz CT molecular complexity index is 1490. The van der Waals surface area contributed by atoms with Crippen LogP contribution in [0.5, 0.6) is 0 Å². The number of anilines is 3. The SMILES string of the molecule is Cc1cc(-c2csc(Nc3ccc(C(=O)N4C5CCC4CN(c4ncc(C(F)(F)F)cn4)C5)cn3)n2)n(C)n1. The lowest BCUT2D eigenvalue weighted by molar-refractivity contribution is -0.138. The number of aromatic nitrogens is 6. The summed E-state index contributed by atoms with van der Waals surface area (Å²) < 4.78 is 40.4. The third-order valence-electron chi connectivity index (χ3n) is 6.98. The molecule has 6 rings (SSSR count). The van der Waals surface area contributed by atoms with Gasteiger partial charge in [-0.3, -0.25) is 9.48 Å². The molecule has 0 saturated carbocycles. The van der Waals surface area contributed by atoms with Gasteiger partial charge in [0.1, 0.15) is 11.5 Å². The first-order chi connectivity index (χ1) is 18.7. The Morgan fingerprint density at radius 2 is 1.79 bits per heavy atom. The molecule has 2 saturated heterocycles. The Kier molecular flexibility index (Phi) is 6.20. The standard InChI is InChI=1S/C25H24F3N9OS/c1-14-7-20(35(2)34-14)19-13-39-24(32-19)33-21-6-3-15(8-29-21)22(38)37-17-4-5-18(37)12-36(11-17)23-30-9-16(10-31-23)25(26,27)28/h3,6-10,13,17-18H,4-5,11-12H2,1-2H3,(H,29,32,33). The number of hydrogen-bond donors (Lipinski definition) is 1. The van der Waals surface area contributed by atoms with Crippen molar-refractivity contribution in [3.8, 4) is 11.4 Å². The van der Waals surface area contributed by atoms with E-state index >= 15 is 0 Å². The van der Waals surface area contributed by atoms with Crippen LogP contribution in [0.3, 0.4) is 0 Å². The van der Waals surface area contributed by atoms with Gasteiger partial charge in [-0.15, -0.1) is 11.3 Å². The Hall–Kier alpha value is -4.07. The summed E-state index contributed by atoms with van der Waals surface area (Å²) in [6, 6.07) is 5.30. The summed E-state index contributed by atoms with van der Waals surface area (Å²) in [6.45, 7) is 2.85. The number of rotatable bonds is 5. The summed E-state index contributed by atoms with van der Waals surface area (Å²) in [5, 5.41) is 10.2. The first kappa shape index (κ1) is 25.2. The molecule has 0 spiro atoms. The van der Waals surface area contributed by atoms with Gasteiger partial charge in [0.25, 0.3) is 5.91 Å². The minimum absolute atomic E-state index is 0.0793. The van der Waals surface area contributed by atoms with Gasteiger partial charge in [-0.25, -0.2) is 19.9 Å². The fraction of sp³-hybridized carbons (Fsp3) is 0.360. The monoisotopic (exact) mass is 555 g/mol. The van der Waals surface area contributed by atoms with Crippen molar-refractivity contribution in [2.45, 2.75) is 38.0 Å². The molecule has 4 aromatic heterocycles. The third kappa shape index (κ3) is 4.91. The van der Waals surface area contributed by atoms with Crippen LogP contribution in [0.15, 0.2) is 42.2 Å². The van der Waals surface area contributed by atoms with Crippen molar-refractivity contribution < 1.29 is 18.0 Å². The number of pyridine rings is 1. The number of nitrogens with one attached hydrogen (secondary N) is 1. The maximum atomic E-state index is 13.4. The molecular weight excluding hydrogens is 531 g/mol. The van der Waals surface area contributed by atoms with Crippen LogP contribution in [-0.2, 0) is 13.2 Å². The number of fused-ring (bicyclic) bond motifs is 2. The maximum Gasteiger partial charge on any atom is 0.419 e. The van der Waals surface area contributed by atoms with Gasteiger partial charge in [-0.2, -0.15) is 18.3 Å². The summed E-state index contributed by atoms with van der Waals surface area (Å²) in [7, 11) is 1.88. The zero-order chi connectivity index (χ0) is 27.3. The van der Waals surface area contributed by atoms with Crippen LogP contribution in [0.1, 0.15) is 34.5 Å². The van der Waals surface area contributed by atoms with E-state index in [0.29, 0.717) is 29.6 Å². The Labute approximate surface area is 225 Å². The Morgan fingerprint density at radius 3 is 2.38 bits per heavy atom. The van der Waals surface area contributed by atoms with E-state index in [1.165, 1.54) is 11.3 Å². The highest BCUT2D eigenvalue weighted by atomic mass is 32.1. The van der Waals surface area contributed by atoms with Crippen LogP contribution in [0, 0.1) is 6.92 Å². The first-order valence-electron chi connectivity index (χ1n) is 12.3. The molecule has 1 N–H and O–H groups in total. The molecule has 1 amide bonds. The van der Waals surface area contributed by atoms with Crippen molar-refractivity contribution >= 4 is 34.1 Å². The van der Waals surface area contributed by atoms with E-state index in [2.05, 4.69) is 30.4 Å². The first-order valence-corrected chi connectivity index (χ1v) is 13.2. The van der Waals surface area contributed by atoms with Gasteiger partial charge in [-0.05, 0) is 38.0 Å². The van der Waals surface area contributed by atoms with Gasteiger partial charge < -0.3 is 15.1 Å². The van der Waals surface area contributed by atoms with E-state index in [9.17, 15) is 18.0 Å². The number of piperazine rings is 1. The summed E-state index contributed by atoms with van der Waals surface area (Å²) in [5.74, 6) is 0.700. The zero-order valence-electron chi connectivity index (χ0n) is 21.1. The summed E-state index contributed by atoms with van der Waals surface area (Å²) in [4.78, 5) is 34.0. The quantitative estimate of drug-likeness (QED) is 0.389. The van der Waals surface area contributed by atoms with E-state index in [-0.39, 0.29) is 23.9 Å². The van der Waals surface area contributed by atoms with E-state index < -0.39 is 11.7 Å². The smallest absolute Gasteiger partial charge is 0.337 e. The normalized spacial score (nSPS) is 19.0. The van der Waals surface area contributed by atoms with E-state index in [1.54, 1.807) is 23.0 Å². The highest BCUT2D eigenvalue weighted by Crippen LogP contribution is 2.34. The molecule has 0 aromatic carbocycles. The molecule has 4 aromatic rings. The predicted octanol–water partition coefficient (Wildman–Crippen LogP) is 4.29. The molecule has 10 nitrogen and oxygen atoms in total. The fourth-order valence-electron chi connectivity index (χ4n) is 5.18. The predicted molar refractivity (Wildman–Crippen MR) is 139 cm³/mol. The maximum absolute atomic E-state index is 13.4. The second kappa shape index (κ2) is 9.59. The van der Waals surface area contributed by atoms with Crippen molar-refractivity contribution in [1.29, 1.82) is 0 Å². The number of halogens is 3. The average molecular weight is 556 g/mol. The van der Waals surface area contributed by atoms with Gasteiger partial charge in [0.2, 0.25) is 5.95 Å². The van der Waals surface area contributed by atoms with Gasteiger partial charge >= 0.3 is 6.18 Å². The van der Waals surface area contributed by atoms with Crippen LogP contribution in [0.2, 0.25) is 0 Å². The lowest BCUT2D eigenvalue weighted by Crippen LogP contribution is -2.56. The van der Waals surface area contributed by atoms with Crippen LogP contribution in [0.25, 0.3) is 11.4 Å². The highest BCUT2D eigenvalue weighted by molar-refractivity contribution is 7.14. The van der Waals surface area contributed by atoms with Gasteiger partial charge in [0.05, 0.1) is 34.6 Å². The minimum Gasteiger partial charge on any atom is -0.337 e. The molecule has 0 radical (unpaired) electrons. The van der Waals surface area contributed by atoms with Crippen LogP contribution in [0.4, 0.5) is 30.1 Å². The zero-order valence-corrected chi connectivity index (χ0v) is 21.9. The molecule has 2 fully saturated rings. The lowest BCUT2D eigenvalue weighted by atomic mass is 10.1. The van der Waals surface area contributed by atoms with Crippen molar-refractivity contribution in [1.82, 2.24) is 34.6 Å². The molecule has 14 heteroatoms. The number of amides is 1. The van der Waals surface area contributed by atoms with Crippen molar-refractivity contribution in [3.63, 3.8) is 0 Å². The average Bonchev–Trinajstić information content (AvgIpc) is 3.58. The highest BCUT2D eigenvalue weighted by Gasteiger charge is 2.43. The number of carbonyl (C=O) groups excluding carboxylic acids is 1. The number of alkyl halides is 3. The number of nitrogens with zero attached hydrogens (tertiary/aromatic N) is 8. The molecule has 202 valence electrons. The molecule has 6 heterocycles. The van der Waals surface area contributed by atoms with Gasteiger partial charge in [0.15, 0.2) is 5.13 Å². The van der Waals surface area contributed by atoms with E-state index in [1.807, 2.05) is 35.2 Å². The van der Waals surface area contributed by atoms with Gasteiger partial charge in [-0.1, -0.05) is 0 Å². The lowest BCUT2D eigenvalue weighted by Gasteiger charge is -2.41. The third-order valence-corrected chi connectivity index (χ3v) is 7.74. The van der Waals surface area contributed by atoms with Crippen LogP contribution < -0.4 is 10.2 Å². The molecule has 0 aliphatic carbocycles. The number of hydrogen-bond acceptors (Lipinski definition) is 9. The topological polar surface area (TPSA) is 105 Å². The summed E-state index contributed by atoms with van der Waals surface area (Å²) in [6.07, 6.45) is 0.287. The molecule has 39 heavy (non-hydrogen) atoms. The minimum atomic E-state index is -4.48. The summed E-state index contributed by atoms with van der Waals surface area (Å²) >= 11 is 1.45. The number of thiazole rings is 1. The van der Waals surface area contributed by atoms with Gasteiger partial charge in [0, 0.05) is 44.1 Å². The molecule has 2 aliphatic heterocycles. The second-order valence-electron chi connectivity index (χ2n) is 9.66. The molecular formula is C25H24F3N9OS. The fourth-order valence-corrected chi connectivity index (χ4v) is 5.89. The second-order valence-corrected chi connectivity index (χ2v) is 10.5. The molecule has 2 atom stereocenters. The summed E-state index contributed by atoms with van der Waals surface area (Å²) in [5.41, 5.74) is 2.24. The number of carbonyl (C=O) groups is 1. The van der Waals surface area contributed by atoms with Crippen LogP contribution in [-0.4, -0.2) is 65.7 Å². The van der Waals surface area contributed by atoms with Crippen molar-refractivity contribution in [2.24, 2.45) is 7.05 Å². The van der Waals surface area contributed by atoms with Crippen LogP contribution >= 0.6 is 11.3 Å². The van der Waals surface area contributed by atoms with E-state index in [4.69, 9.17) is 0 Å². The number of aryl methyl sites for hydroxylation is 2. The molecule has 2 unspecified atom stereocenters. The molecule has 2 bridgehead atoms. The Balaban J connectivity index is 1.11.